The zero-order valence-corrected chi connectivity index (χ0v) is 22.0. The van der Waals surface area contributed by atoms with Crippen molar-refractivity contribution in [3.8, 4) is 23.7 Å². The van der Waals surface area contributed by atoms with Crippen molar-refractivity contribution >= 4 is 11.9 Å². The fourth-order valence-electron chi connectivity index (χ4n) is 3.43. The summed E-state index contributed by atoms with van der Waals surface area (Å²) in [6.07, 6.45) is 8.65. The highest BCUT2D eigenvalue weighted by atomic mass is 16.5. The number of aromatic nitrogens is 2. The maximum absolute atomic E-state index is 11.1. The molecule has 0 N–H and O–H groups in total. The monoisotopic (exact) mass is 518 g/mol. The average Bonchev–Trinajstić information content (AvgIpc) is 2.96. The summed E-state index contributed by atoms with van der Waals surface area (Å²) in [6.45, 7) is 9.44. The van der Waals surface area contributed by atoms with E-state index in [1.54, 1.807) is 12.4 Å². The molecule has 0 aliphatic heterocycles. The van der Waals surface area contributed by atoms with Gasteiger partial charge in [0.25, 0.3) is 0 Å². The standard InChI is InChI=1S/C33H30N2O4/c1-4-32(36)38-20-6-8-30-18-14-27(23-34-30)11-10-26-12-16-29(25(3)22-26)17-13-28-15-19-31(35-24-28)9-7-21-39-33(37)5-2/h4-5,12,14-16,18-19,22-24H,1-2,6-9,20-21H2,3H3. The molecule has 0 unspecified atom stereocenters. The lowest BCUT2D eigenvalue weighted by Crippen LogP contribution is -2.03. The molecule has 0 fully saturated rings. The zero-order valence-electron chi connectivity index (χ0n) is 22.0. The molecule has 196 valence electrons. The van der Waals surface area contributed by atoms with E-state index in [0.29, 0.717) is 26.1 Å². The first-order valence-electron chi connectivity index (χ1n) is 12.6. The SMILES string of the molecule is C=CC(=O)OCCCc1ccc(C#Cc2ccc(C#Cc3ccc(CCCOC(=O)C=C)nc3)c(C)c2)cn1. The first-order valence-corrected chi connectivity index (χ1v) is 12.6. The lowest BCUT2D eigenvalue weighted by atomic mass is 10.0. The van der Waals surface area contributed by atoms with Crippen LogP contribution in [0.25, 0.3) is 0 Å². The molecular weight excluding hydrogens is 488 g/mol. The summed E-state index contributed by atoms with van der Waals surface area (Å²) >= 11 is 0. The van der Waals surface area contributed by atoms with Gasteiger partial charge in [0.1, 0.15) is 0 Å². The van der Waals surface area contributed by atoms with Crippen molar-refractivity contribution in [2.24, 2.45) is 0 Å². The van der Waals surface area contributed by atoms with E-state index in [0.717, 1.165) is 64.2 Å². The second-order valence-electron chi connectivity index (χ2n) is 8.56. The number of rotatable bonds is 10. The van der Waals surface area contributed by atoms with Gasteiger partial charge < -0.3 is 9.47 Å². The smallest absolute Gasteiger partial charge is 0.330 e. The minimum atomic E-state index is -0.411. The Morgan fingerprint density at radius 2 is 1.23 bits per heavy atom. The molecule has 0 amide bonds. The minimum absolute atomic E-state index is 0.342. The average molecular weight is 519 g/mol. The van der Waals surface area contributed by atoms with Crippen molar-refractivity contribution in [3.63, 3.8) is 0 Å². The molecule has 3 aromatic rings. The summed E-state index contributed by atoms with van der Waals surface area (Å²) in [5, 5.41) is 0. The van der Waals surface area contributed by atoms with E-state index in [1.807, 2.05) is 49.4 Å². The van der Waals surface area contributed by atoms with E-state index in [4.69, 9.17) is 9.47 Å². The van der Waals surface area contributed by atoms with Crippen molar-refractivity contribution in [2.75, 3.05) is 13.2 Å². The van der Waals surface area contributed by atoms with Crippen LogP contribution in [0.15, 0.2) is 80.2 Å². The van der Waals surface area contributed by atoms with Gasteiger partial charge in [0.15, 0.2) is 0 Å². The van der Waals surface area contributed by atoms with Crippen LogP contribution < -0.4 is 0 Å². The molecule has 0 radical (unpaired) electrons. The first kappa shape index (κ1) is 28.6. The summed E-state index contributed by atoms with van der Waals surface area (Å²) in [7, 11) is 0. The van der Waals surface area contributed by atoms with Crippen LogP contribution in [0.3, 0.4) is 0 Å². The van der Waals surface area contributed by atoms with Crippen LogP contribution >= 0.6 is 0 Å². The highest BCUT2D eigenvalue weighted by molar-refractivity contribution is 5.81. The van der Waals surface area contributed by atoms with Crippen LogP contribution in [-0.2, 0) is 31.9 Å². The largest absolute Gasteiger partial charge is 0.463 e. The molecule has 0 spiro atoms. The van der Waals surface area contributed by atoms with E-state index in [1.165, 1.54) is 0 Å². The summed E-state index contributed by atoms with van der Waals surface area (Å²) < 4.78 is 9.95. The molecule has 0 atom stereocenters. The number of pyridine rings is 2. The summed E-state index contributed by atoms with van der Waals surface area (Å²) in [4.78, 5) is 31.0. The van der Waals surface area contributed by atoms with Crippen LogP contribution in [0.2, 0.25) is 0 Å². The summed E-state index contributed by atoms with van der Waals surface area (Å²) in [5.41, 5.74) is 6.37. The van der Waals surface area contributed by atoms with Crippen LogP contribution in [0.5, 0.6) is 0 Å². The molecule has 1 aromatic carbocycles. The Labute approximate surface area is 229 Å². The Kier molecular flexibility index (Phi) is 11.3. The van der Waals surface area contributed by atoms with Crippen molar-refractivity contribution in [3.05, 3.63) is 119 Å². The molecule has 0 aliphatic carbocycles. The highest BCUT2D eigenvalue weighted by Crippen LogP contribution is 2.11. The fraction of sp³-hybridized carbons (Fsp3) is 0.212. The van der Waals surface area contributed by atoms with Crippen LogP contribution in [0.1, 0.15) is 52.0 Å². The van der Waals surface area contributed by atoms with E-state index >= 15 is 0 Å². The third-order valence-electron chi connectivity index (χ3n) is 5.55. The Hall–Kier alpha value is -4.94. The van der Waals surface area contributed by atoms with Gasteiger partial charge in [-0.1, -0.05) is 36.8 Å². The number of hydrogen-bond donors (Lipinski definition) is 0. The van der Waals surface area contributed by atoms with Gasteiger partial charge in [-0.3, -0.25) is 9.97 Å². The van der Waals surface area contributed by atoms with Crippen molar-refractivity contribution < 1.29 is 19.1 Å². The Balaban J connectivity index is 1.52. The Morgan fingerprint density at radius 1 is 0.744 bits per heavy atom. The number of carbonyl (C=O) groups excluding carboxylic acids is 2. The Morgan fingerprint density at radius 3 is 1.69 bits per heavy atom. The topological polar surface area (TPSA) is 78.4 Å². The third-order valence-corrected chi connectivity index (χ3v) is 5.55. The van der Waals surface area contributed by atoms with Crippen molar-refractivity contribution in [1.29, 1.82) is 0 Å². The summed E-state index contributed by atoms with van der Waals surface area (Å²) in [5.74, 6) is 11.9. The normalized spacial score (nSPS) is 9.77. The number of hydrogen-bond acceptors (Lipinski definition) is 6. The molecule has 6 nitrogen and oxygen atoms in total. The third kappa shape index (κ3) is 10.1. The van der Waals surface area contributed by atoms with Crippen LogP contribution in [0, 0.1) is 30.6 Å². The molecule has 2 aromatic heterocycles. The molecule has 0 aliphatic rings. The van der Waals surface area contributed by atoms with Crippen molar-refractivity contribution in [1.82, 2.24) is 9.97 Å². The van der Waals surface area contributed by atoms with Gasteiger partial charge in [-0.25, -0.2) is 9.59 Å². The molecular formula is C33H30N2O4. The molecule has 3 rings (SSSR count). The Bertz CT molecular complexity index is 1430. The first-order chi connectivity index (χ1) is 19.0. The van der Waals surface area contributed by atoms with Gasteiger partial charge >= 0.3 is 11.9 Å². The van der Waals surface area contributed by atoms with Gasteiger partial charge in [-0.15, -0.1) is 0 Å². The molecule has 39 heavy (non-hydrogen) atoms. The number of benzene rings is 1. The van der Waals surface area contributed by atoms with Gasteiger partial charge in [0.2, 0.25) is 0 Å². The number of aryl methyl sites for hydroxylation is 3. The van der Waals surface area contributed by atoms with E-state index in [2.05, 4.69) is 46.8 Å². The second kappa shape index (κ2) is 15.3. The highest BCUT2D eigenvalue weighted by Gasteiger charge is 2.01. The molecule has 0 saturated heterocycles. The van der Waals surface area contributed by atoms with Gasteiger partial charge in [0.05, 0.1) is 13.2 Å². The predicted molar refractivity (Wildman–Crippen MR) is 151 cm³/mol. The molecule has 2 heterocycles. The lowest BCUT2D eigenvalue weighted by Gasteiger charge is -2.02. The number of nitrogens with zero attached hydrogens (tertiary/aromatic N) is 2. The zero-order chi connectivity index (χ0) is 27.9. The minimum Gasteiger partial charge on any atom is -0.463 e. The number of ether oxygens (including phenoxy) is 2. The van der Waals surface area contributed by atoms with Crippen LogP contribution in [0.4, 0.5) is 0 Å². The van der Waals surface area contributed by atoms with Crippen LogP contribution in [-0.4, -0.2) is 35.1 Å². The fourth-order valence-corrected chi connectivity index (χ4v) is 3.43. The van der Waals surface area contributed by atoms with Crippen molar-refractivity contribution in [2.45, 2.75) is 32.6 Å². The van der Waals surface area contributed by atoms with E-state index in [-0.39, 0.29) is 0 Å². The van der Waals surface area contributed by atoms with Gasteiger partial charge in [0, 0.05) is 58.2 Å². The maximum Gasteiger partial charge on any atom is 0.330 e. The second-order valence-corrected chi connectivity index (χ2v) is 8.56. The predicted octanol–water partition coefficient (Wildman–Crippen LogP) is 4.91. The van der Waals surface area contributed by atoms with Gasteiger partial charge in [-0.2, -0.15) is 0 Å². The summed E-state index contributed by atoms with van der Waals surface area (Å²) in [6, 6.07) is 13.7. The quantitative estimate of drug-likeness (QED) is 0.164. The number of esters is 2. The molecule has 6 heteroatoms. The maximum atomic E-state index is 11.1. The van der Waals surface area contributed by atoms with E-state index in [9.17, 15) is 9.59 Å². The molecule has 0 saturated carbocycles. The lowest BCUT2D eigenvalue weighted by molar-refractivity contribution is -0.138. The molecule has 0 bridgehead atoms. The number of carbonyl (C=O) groups is 2. The van der Waals surface area contributed by atoms with Gasteiger partial charge in [-0.05, 0) is 80.6 Å². The van der Waals surface area contributed by atoms with E-state index < -0.39 is 11.9 Å².